The van der Waals surface area contributed by atoms with E-state index in [9.17, 15) is 13.5 Å². The topological polar surface area (TPSA) is 120 Å². The van der Waals surface area contributed by atoms with Crippen LogP contribution in [0.2, 0.25) is 0 Å². The molecule has 8 nitrogen and oxygen atoms in total. The van der Waals surface area contributed by atoms with Crippen molar-refractivity contribution in [2.75, 3.05) is 26.3 Å². The van der Waals surface area contributed by atoms with Gasteiger partial charge in [0.25, 0.3) is 0 Å². The molecule has 206 valence electrons. The second-order valence-corrected chi connectivity index (χ2v) is 11.5. The van der Waals surface area contributed by atoms with Crippen molar-refractivity contribution in [2.24, 2.45) is 5.14 Å². The Kier molecular flexibility index (Phi) is 11.4. The fraction of sp³-hybridized carbons (Fsp3) is 0.571. The number of aryl methyl sites for hydroxylation is 1. The van der Waals surface area contributed by atoms with E-state index in [1.165, 1.54) is 0 Å². The third-order valence-electron chi connectivity index (χ3n) is 6.39. The zero-order valence-corrected chi connectivity index (χ0v) is 22.9. The molecular formula is C28H42N2O6S. The average molecular weight is 535 g/mol. The van der Waals surface area contributed by atoms with Gasteiger partial charge in [0.15, 0.2) is 0 Å². The minimum atomic E-state index is -3.68. The minimum absolute atomic E-state index is 0.216. The number of rotatable bonds is 16. The molecule has 1 atom stereocenters. The van der Waals surface area contributed by atoms with Gasteiger partial charge in [0.2, 0.25) is 15.8 Å². The molecule has 9 heteroatoms. The molecule has 2 aromatic carbocycles. The largest absolute Gasteiger partial charge is 0.463 e. The van der Waals surface area contributed by atoms with Crippen molar-refractivity contribution >= 4 is 10.0 Å². The summed E-state index contributed by atoms with van der Waals surface area (Å²) in [5, 5.41) is 19.1. The maximum atomic E-state index is 11.7. The zero-order chi connectivity index (χ0) is 26.7. The van der Waals surface area contributed by atoms with E-state index in [2.05, 4.69) is 5.32 Å². The molecule has 1 aliphatic rings. The van der Waals surface area contributed by atoms with Gasteiger partial charge < -0.3 is 24.6 Å². The number of sulfonamides is 1. The van der Waals surface area contributed by atoms with Crippen LogP contribution in [-0.2, 0) is 32.5 Å². The number of nitrogens with two attached hydrogens (primary N) is 1. The molecule has 0 amide bonds. The molecule has 1 heterocycles. The summed E-state index contributed by atoms with van der Waals surface area (Å²) >= 11 is 0. The molecule has 3 rings (SSSR count). The highest BCUT2D eigenvalue weighted by molar-refractivity contribution is 7.89. The third kappa shape index (κ3) is 10.00. The van der Waals surface area contributed by atoms with Crippen LogP contribution in [0.3, 0.4) is 0 Å². The lowest BCUT2D eigenvalue weighted by Crippen LogP contribution is -2.35. The SMILES string of the molecule is CC1(C)OCc2cc([C@H](O)CNCCCCCCOCCCCc3ccccc3S(N)(=O)=O)ccc2O1. The quantitative estimate of drug-likeness (QED) is 0.276. The van der Waals surface area contributed by atoms with Crippen molar-refractivity contribution in [3.8, 4) is 5.75 Å². The molecule has 2 aromatic rings. The highest BCUT2D eigenvalue weighted by Gasteiger charge is 2.27. The molecule has 0 radical (unpaired) electrons. The van der Waals surface area contributed by atoms with Gasteiger partial charge in [-0.15, -0.1) is 0 Å². The van der Waals surface area contributed by atoms with Crippen molar-refractivity contribution in [2.45, 2.75) is 82.2 Å². The standard InChI is InChI=1S/C28H42N2O6S/c1-28(2)35-21-24-19-23(14-15-26(24)36-28)25(31)20-30-16-8-3-4-9-17-34-18-10-7-12-22-11-5-6-13-27(22)37(29,32)33/h5-6,11,13-15,19,25,30-31H,3-4,7-10,12,16-18,20-21H2,1-2H3,(H2,29,32,33)/t25-/m1/s1. The molecule has 0 fully saturated rings. The van der Waals surface area contributed by atoms with E-state index in [4.69, 9.17) is 19.3 Å². The second-order valence-electron chi connectivity index (χ2n) is 10.0. The summed E-state index contributed by atoms with van der Waals surface area (Å²) < 4.78 is 40.5. The highest BCUT2D eigenvalue weighted by atomic mass is 32.2. The summed E-state index contributed by atoms with van der Waals surface area (Å²) in [4.78, 5) is 0.216. The zero-order valence-electron chi connectivity index (χ0n) is 22.1. The summed E-state index contributed by atoms with van der Waals surface area (Å²) in [6.45, 7) is 7.05. The van der Waals surface area contributed by atoms with Crippen LogP contribution in [-0.4, -0.2) is 45.6 Å². The molecule has 1 aliphatic heterocycles. The lowest BCUT2D eigenvalue weighted by atomic mass is 10.0. The Morgan fingerprint density at radius 2 is 1.78 bits per heavy atom. The fourth-order valence-electron chi connectivity index (χ4n) is 4.34. The number of ether oxygens (including phenoxy) is 3. The van der Waals surface area contributed by atoms with E-state index in [0.29, 0.717) is 26.2 Å². The van der Waals surface area contributed by atoms with E-state index < -0.39 is 21.9 Å². The maximum Gasteiger partial charge on any atom is 0.238 e. The van der Waals surface area contributed by atoms with Crippen LogP contribution in [0.1, 0.15) is 75.2 Å². The minimum Gasteiger partial charge on any atom is -0.463 e. The van der Waals surface area contributed by atoms with Gasteiger partial charge >= 0.3 is 0 Å². The monoisotopic (exact) mass is 534 g/mol. The molecule has 0 aliphatic carbocycles. The molecule has 0 bridgehead atoms. The predicted molar refractivity (Wildman–Crippen MR) is 144 cm³/mol. The van der Waals surface area contributed by atoms with Crippen LogP contribution in [0.5, 0.6) is 5.75 Å². The molecule has 37 heavy (non-hydrogen) atoms. The van der Waals surface area contributed by atoms with E-state index >= 15 is 0 Å². The van der Waals surface area contributed by atoms with Crippen LogP contribution >= 0.6 is 0 Å². The average Bonchev–Trinajstić information content (AvgIpc) is 2.85. The second kappa shape index (κ2) is 14.2. The molecule has 0 saturated carbocycles. The Hall–Kier alpha value is -2.01. The summed E-state index contributed by atoms with van der Waals surface area (Å²) in [5.74, 6) is 0.198. The van der Waals surface area contributed by atoms with Gasteiger partial charge in [-0.3, -0.25) is 0 Å². The van der Waals surface area contributed by atoms with Gasteiger partial charge in [-0.25, -0.2) is 13.6 Å². The fourth-order valence-corrected chi connectivity index (χ4v) is 5.14. The Bertz CT molecular complexity index is 1090. The summed E-state index contributed by atoms with van der Waals surface area (Å²) in [7, 11) is -3.68. The maximum absolute atomic E-state index is 11.7. The van der Waals surface area contributed by atoms with Gasteiger partial charge in [0.05, 0.1) is 17.6 Å². The number of primary sulfonamides is 1. The van der Waals surface area contributed by atoms with Crippen LogP contribution < -0.4 is 15.2 Å². The first-order chi connectivity index (χ1) is 17.7. The van der Waals surface area contributed by atoms with Crippen LogP contribution in [0.4, 0.5) is 0 Å². The van der Waals surface area contributed by atoms with Crippen molar-refractivity contribution in [3.63, 3.8) is 0 Å². The van der Waals surface area contributed by atoms with E-state index in [1.807, 2.05) is 44.2 Å². The number of aliphatic hydroxyl groups is 1. The summed E-state index contributed by atoms with van der Waals surface area (Å²) in [6.07, 6.45) is 6.13. The van der Waals surface area contributed by atoms with E-state index in [-0.39, 0.29) is 4.90 Å². The lowest BCUT2D eigenvalue weighted by molar-refractivity contribution is -0.180. The van der Waals surface area contributed by atoms with Crippen LogP contribution in [0, 0.1) is 0 Å². The summed E-state index contributed by atoms with van der Waals surface area (Å²) in [5.41, 5.74) is 2.59. The van der Waals surface area contributed by atoms with Gasteiger partial charge in [-0.05, 0) is 68.0 Å². The van der Waals surface area contributed by atoms with Crippen molar-refractivity contribution in [1.29, 1.82) is 0 Å². The number of hydrogen-bond donors (Lipinski definition) is 3. The molecule has 0 saturated heterocycles. The number of fused-ring (bicyclic) bond motifs is 1. The van der Waals surface area contributed by atoms with Crippen LogP contribution in [0.25, 0.3) is 0 Å². The molecule has 0 unspecified atom stereocenters. The van der Waals surface area contributed by atoms with Crippen molar-refractivity contribution in [1.82, 2.24) is 5.32 Å². The van der Waals surface area contributed by atoms with Gasteiger partial charge in [-0.2, -0.15) is 0 Å². The first kappa shape index (κ1) is 29.5. The van der Waals surface area contributed by atoms with E-state index in [1.54, 1.807) is 12.1 Å². The molecule has 4 N–H and O–H groups in total. The number of hydrogen-bond acceptors (Lipinski definition) is 7. The van der Waals surface area contributed by atoms with Crippen LogP contribution in [0.15, 0.2) is 47.4 Å². The predicted octanol–water partition coefficient (Wildman–Crippen LogP) is 4.20. The number of aliphatic hydroxyl groups excluding tert-OH is 1. The first-order valence-electron chi connectivity index (χ1n) is 13.2. The lowest BCUT2D eigenvalue weighted by Gasteiger charge is -2.33. The van der Waals surface area contributed by atoms with E-state index in [0.717, 1.165) is 74.1 Å². The number of benzene rings is 2. The van der Waals surface area contributed by atoms with Gasteiger partial charge in [0, 0.05) is 39.2 Å². The molecular weight excluding hydrogens is 492 g/mol. The Morgan fingerprint density at radius 3 is 2.57 bits per heavy atom. The Balaban J connectivity index is 1.17. The van der Waals surface area contributed by atoms with Gasteiger partial charge in [-0.1, -0.05) is 37.1 Å². The highest BCUT2D eigenvalue weighted by Crippen LogP contribution is 2.32. The first-order valence-corrected chi connectivity index (χ1v) is 14.7. The molecule has 0 spiro atoms. The molecule has 0 aromatic heterocycles. The Morgan fingerprint density at radius 1 is 1.05 bits per heavy atom. The third-order valence-corrected chi connectivity index (χ3v) is 7.41. The number of unbranched alkanes of at least 4 members (excludes halogenated alkanes) is 4. The number of nitrogens with one attached hydrogen (secondary N) is 1. The van der Waals surface area contributed by atoms with Gasteiger partial charge in [0.1, 0.15) is 5.75 Å². The normalized spacial score (nSPS) is 15.7. The Labute approximate surface area is 221 Å². The van der Waals surface area contributed by atoms with Crippen molar-refractivity contribution < 1.29 is 27.7 Å². The smallest absolute Gasteiger partial charge is 0.238 e. The van der Waals surface area contributed by atoms with Crippen molar-refractivity contribution in [3.05, 3.63) is 59.2 Å². The summed E-state index contributed by atoms with van der Waals surface area (Å²) in [6, 6.07) is 12.7.